The van der Waals surface area contributed by atoms with E-state index in [2.05, 4.69) is 0 Å². The molecule has 1 N–H and O–H groups in total. The molecule has 22 heavy (non-hydrogen) atoms. The van der Waals surface area contributed by atoms with Crippen molar-refractivity contribution in [2.75, 3.05) is 6.61 Å². The monoisotopic (exact) mass is 316 g/mol. The topological polar surface area (TPSA) is 46.5 Å². The molecule has 3 nitrogen and oxygen atoms in total. The normalized spacial score (nSPS) is 11.3. The predicted octanol–water partition coefficient (Wildman–Crippen LogP) is 4.67. The van der Waals surface area contributed by atoms with E-state index in [0.717, 1.165) is 5.56 Å². The first kappa shape index (κ1) is 16.1. The van der Waals surface area contributed by atoms with Crippen molar-refractivity contribution in [3.05, 3.63) is 64.2 Å². The molecule has 0 aliphatic rings. The lowest BCUT2D eigenvalue weighted by Crippen LogP contribution is -1.99. The molecule has 2 aromatic rings. The Balaban J connectivity index is 2.40. The van der Waals surface area contributed by atoms with Gasteiger partial charge in [0.15, 0.2) is 0 Å². The molecule has 0 fully saturated rings. The number of hydrogen-bond acceptors (Lipinski definition) is 2. The van der Waals surface area contributed by atoms with Gasteiger partial charge in [0.25, 0.3) is 0 Å². The van der Waals surface area contributed by atoms with Gasteiger partial charge in [-0.15, -0.1) is 0 Å². The SMILES string of the molecule is CCOc1ccc(/C=C(\C(=O)O)c2ccc(C)cc2)cc1Cl. The second-order valence-electron chi connectivity index (χ2n) is 4.85. The van der Waals surface area contributed by atoms with Crippen LogP contribution in [0, 0.1) is 6.92 Å². The highest BCUT2D eigenvalue weighted by Crippen LogP contribution is 2.27. The van der Waals surface area contributed by atoms with Crippen molar-refractivity contribution >= 4 is 29.2 Å². The van der Waals surface area contributed by atoms with Gasteiger partial charge in [-0.1, -0.05) is 47.5 Å². The lowest BCUT2D eigenvalue weighted by molar-refractivity contribution is -0.130. The molecular weight excluding hydrogens is 300 g/mol. The van der Waals surface area contributed by atoms with Crippen LogP contribution in [0.3, 0.4) is 0 Å². The molecule has 2 rings (SSSR count). The number of carbonyl (C=O) groups is 1. The van der Waals surface area contributed by atoms with Gasteiger partial charge in [0.05, 0.1) is 17.2 Å². The quantitative estimate of drug-likeness (QED) is 0.644. The van der Waals surface area contributed by atoms with Gasteiger partial charge in [0.2, 0.25) is 0 Å². The second kappa shape index (κ2) is 7.14. The lowest BCUT2D eigenvalue weighted by Gasteiger charge is -2.07. The average molecular weight is 317 g/mol. The molecule has 0 saturated carbocycles. The van der Waals surface area contributed by atoms with Gasteiger partial charge in [0.1, 0.15) is 5.75 Å². The number of aliphatic carboxylic acids is 1. The Kier molecular flexibility index (Phi) is 5.23. The van der Waals surface area contributed by atoms with Crippen LogP contribution in [-0.4, -0.2) is 17.7 Å². The first-order valence-corrected chi connectivity index (χ1v) is 7.33. The molecule has 0 heterocycles. The van der Waals surface area contributed by atoms with Crippen LogP contribution in [0.25, 0.3) is 11.6 Å². The molecule has 114 valence electrons. The van der Waals surface area contributed by atoms with Crippen LogP contribution >= 0.6 is 11.6 Å². The summed E-state index contributed by atoms with van der Waals surface area (Å²) in [5.74, 6) is -0.387. The Morgan fingerprint density at radius 3 is 2.45 bits per heavy atom. The summed E-state index contributed by atoms with van der Waals surface area (Å²) in [4.78, 5) is 11.5. The Hall–Kier alpha value is -2.26. The van der Waals surface area contributed by atoms with Gasteiger partial charge in [-0.3, -0.25) is 0 Å². The lowest BCUT2D eigenvalue weighted by atomic mass is 10.0. The smallest absolute Gasteiger partial charge is 0.336 e. The molecule has 0 unspecified atom stereocenters. The number of ether oxygens (including phenoxy) is 1. The van der Waals surface area contributed by atoms with Crippen molar-refractivity contribution in [1.29, 1.82) is 0 Å². The summed E-state index contributed by atoms with van der Waals surface area (Å²) in [7, 11) is 0. The molecule has 0 bridgehead atoms. The van der Waals surface area contributed by atoms with Crippen molar-refractivity contribution < 1.29 is 14.6 Å². The van der Waals surface area contributed by atoms with Gasteiger partial charge in [-0.25, -0.2) is 4.79 Å². The van der Waals surface area contributed by atoms with Crippen molar-refractivity contribution in [3.63, 3.8) is 0 Å². The minimum atomic E-state index is -0.978. The zero-order chi connectivity index (χ0) is 16.1. The number of benzene rings is 2. The zero-order valence-corrected chi connectivity index (χ0v) is 13.2. The second-order valence-corrected chi connectivity index (χ2v) is 5.26. The highest BCUT2D eigenvalue weighted by molar-refractivity contribution is 6.32. The van der Waals surface area contributed by atoms with E-state index >= 15 is 0 Å². The van der Waals surface area contributed by atoms with Crippen LogP contribution in [0.2, 0.25) is 5.02 Å². The third kappa shape index (κ3) is 3.89. The molecule has 0 amide bonds. The molecule has 0 aliphatic heterocycles. The fourth-order valence-corrected chi connectivity index (χ4v) is 2.29. The van der Waals surface area contributed by atoms with Crippen LogP contribution in [-0.2, 0) is 4.79 Å². The van der Waals surface area contributed by atoms with Crippen molar-refractivity contribution in [2.45, 2.75) is 13.8 Å². The molecule has 0 radical (unpaired) electrons. The van der Waals surface area contributed by atoms with Crippen LogP contribution in [0.4, 0.5) is 0 Å². The van der Waals surface area contributed by atoms with Gasteiger partial charge in [-0.2, -0.15) is 0 Å². The maximum absolute atomic E-state index is 11.5. The summed E-state index contributed by atoms with van der Waals surface area (Å²) in [5.41, 5.74) is 2.67. The highest BCUT2D eigenvalue weighted by Gasteiger charge is 2.11. The summed E-state index contributed by atoms with van der Waals surface area (Å²) in [6.07, 6.45) is 1.61. The van der Waals surface area contributed by atoms with E-state index in [-0.39, 0.29) is 5.57 Å². The first-order valence-electron chi connectivity index (χ1n) is 6.95. The molecule has 0 atom stereocenters. The van der Waals surface area contributed by atoms with E-state index in [4.69, 9.17) is 16.3 Å². The molecule has 0 saturated heterocycles. The Morgan fingerprint density at radius 1 is 1.23 bits per heavy atom. The molecule has 4 heteroatoms. The minimum absolute atomic E-state index is 0.222. The third-order valence-corrected chi connectivity index (χ3v) is 3.46. The van der Waals surface area contributed by atoms with E-state index in [1.165, 1.54) is 0 Å². The van der Waals surface area contributed by atoms with Crippen LogP contribution < -0.4 is 4.74 Å². The van der Waals surface area contributed by atoms with Crippen LogP contribution in [0.1, 0.15) is 23.6 Å². The molecule has 0 aromatic heterocycles. The van der Waals surface area contributed by atoms with Crippen LogP contribution in [0.15, 0.2) is 42.5 Å². The van der Waals surface area contributed by atoms with Crippen molar-refractivity contribution in [3.8, 4) is 5.75 Å². The van der Waals surface area contributed by atoms with Gasteiger partial charge in [-0.05, 0) is 43.2 Å². The number of carboxylic acids is 1. The summed E-state index contributed by atoms with van der Waals surface area (Å²) >= 11 is 6.14. The Labute approximate surface area is 134 Å². The minimum Gasteiger partial charge on any atom is -0.492 e. The van der Waals surface area contributed by atoms with E-state index in [0.29, 0.717) is 28.5 Å². The first-order chi connectivity index (χ1) is 10.5. The van der Waals surface area contributed by atoms with Crippen molar-refractivity contribution in [2.24, 2.45) is 0 Å². The fraction of sp³-hybridized carbons (Fsp3) is 0.167. The molecule has 0 aliphatic carbocycles. The van der Waals surface area contributed by atoms with E-state index in [1.807, 2.05) is 26.0 Å². The van der Waals surface area contributed by atoms with Gasteiger partial charge in [0, 0.05) is 0 Å². The number of carboxylic acid groups (broad SMARTS) is 1. The number of halogens is 1. The fourth-order valence-electron chi connectivity index (χ4n) is 2.05. The van der Waals surface area contributed by atoms with Gasteiger partial charge < -0.3 is 9.84 Å². The molecule has 0 spiro atoms. The maximum atomic E-state index is 11.5. The van der Waals surface area contributed by atoms with Crippen molar-refractivity contribution in [1.82, 2.24) is 0 Å². The number of aryl methyl sites for hydroxylation is 1. The highest BCUT2D eigenvalue weighted by atomic mass is 35.5. The van der Waals surface area contributed by atoms with Gasteiger partial charge >= 0.3 is 5.97 Å². The summed E-state index contributed by atoms with van der Waals surface area (Å²) < 4.78 is 5.37. The summed E-state index contributed by atoms with van der Waals surface area (Å²) in [6.45, 7) is 4.36. The zero-order valence-electron chi connectivity index (χ0n) is 12.5. The third-order valence-electron chi connectivity index (χ3n) is 3.16. The predicted molar refractivity (Wildman–Crippen MR) is 89.3 cm³/mol. The van der Waals surface area contributed by atoms with E-state index < -0.39 is 5.97 Å². The van der Waals surface area contributed by atoms with E-state index in [1.54, 1.807) is 36.4 Å². The standard InChI is InChI=1S/C18H17ClO3/c1-3-22-17-9-6-13(11-16(17)19)10-15(18(20)21)14-7-4-12(2)5-8-14/h4-11H,3H2,1-2H3,(H,20,21)/b15-10-. The Bertz CT molecular complexity index is 703. The number of rotatable bonds is 5. The maximum Gasteiger partial charge on any atom is 0.336 e. The van der Waals surface area contributed by atoms with E-state index in [9.17, 15) is 9.90 Å². The van der Waals surface area contributed by atoms with Crippen LogP contribution in [0.5, 0.6) is 5.75 Å². The molecular formula is C18H17ClO3. The summed E-state index contributed by atoms with van der Waals surface area (Å²) in [6, 6.07) is 12.6. The Morgan fingerprint density at radius 2 is 1.91 bits per heavy atom. The summed E-state index contributed by atoms with van der Waals surface area (Å²) in [5, 5.41) is 9.90. The molecule has 2 aromatic carbocycles. The largest absolute Gasteiger partial charge is 0.492 e. The number of hydrogen-bond donors (Lipinski definition) is 1. The average Bonchev–Trinajstić information content (AvgIpc) is 2.48.